The smallest absolute Gasteiger partial charge is 0.0731 e. The molecule has 0 radical (unpaired) electrons. The molecule has 57 heavy (non-hydrogen) atoms. The normalized spacial score (nSPS) is 18.1. The summed E-state index contributed by atoms with van der Waals surface area (Å²) in [5.41, 5.74) is 23.0. The van der Waals surface area contributed by atoms with Gasteiger partial charge in [0.1, 0.15) is 0 Å². The first-order valence-electron chi connectivity index (χ1n) is 20.2. The Morgan fingerprint density at radius 3 is 1.37 bits per heavy atom. The van der Waals surface area contributed by atoms with Crippen LogP contribution in [0.25, 0.3) is 39.0 Å². The van der Waals surface area contributed by atoms with Gasteiger partial charge in [0.2, 0.25) is 0 Å². The molecule has 0 saturated heterocycles. The molecule has 0 aliphatic heterocycles. The first-order chi connectivity index (χ1) is 27.7. The largest absolute Gasteiger partial charge is 0.310 e. The van der Waals surface area contributed by atoms with Crippen molar-refractivity contribution in [2.24, 2.45) is 0 Å². The molecule has 1 nitrogen and oxygen atoms in total. The topological polar surface area (TPSA) is 3.24 Å². The third kappa shape index (κ3) is 4.26. The summed E-state index contributed by atoms with van der Waals surface area (Å²) in [6.07, 6.45) is 10.8. The van der Waals surface area contributed by atoms with Gasteiger partial charge in [-0.25, -0.2) is 0 Å². The predicted octanol–water partition coefficient (Wildman–Crippen LogP) is 14.1. The second kappa shape index (κ2) is 11.7. The standard InChI is InChI=1S/C56H43N/c1-7-17-48-38(8-2)39-18-11-15-24-49(39)56(48)50-25-16-12-21-42(50)45-32-35(28-31-51(45)56)57(36-26-29-43-40-19-9-13-22-46(40)54(3,4)52(43)33-36)37-27-30-44-41-20-10-14-23-47(41)55(5,6)53(44)34-37/h2,7,9-34H,1,3-6H3/b17-7-. The number of benzene rings is 7. The third-order valence-corrected chi connectivity index (χ3v) is 13.7. The monoisotopic (exact) mass is 729 g/mol. The maximum Gasteiger partial charge on any atom is 0.0731 e. The number of hydrogen-bond acceptors (Lipinski definition) is 1. The Hall–Kier alpha value is -6.62. The van der Waals surface area contributed by atoms with Crippen LogP contribution >= 0.6 is 0 Å². The molecule has 0 amide bonds. The van der Waals surface area contributed by atoms with E-state index in [4.69, 9.17) is 6.42 Å². The predicted molar refractivity (Wildman–Crippen MR) is 239 cm³/mol. The van der Waals surface area contributed by atoms with Crippen LogP contribution in [-0.2, 0) is 16.2 Å². The van der Waals surface area contributed by atoms with Gasteiger partial charge >= 0.3 is 0 Å². The number of anilines is 3. The molecule has 1 spiro atoms. The van der Waals surface area contributed by atoms with Crippen molar-refractivity contribution in [3.05, 3.63) is 214 Å². The van der Waals surface area contributed by atoms with E-state index in [1.54, 1.807) is 0 Å². The zero-order valence-electron chi connectivity index (χ0n) is 33.1. The summed E-state index contributed by atoms with van der Waals surface area (Å²) in [7, 11) is 0. The van der Waals surface area contributed by atoms with Crippen LogP contribution in [0.5, 0.6) is 0 Å². The zero-order chi connectivity index (χ0) is 38.8. The summed E-state index contributed by atoms with van der Waals surface area (Å²) in [4.78, 5) is 2.49. The zero-order valence-corrected chi connectivity index (χ0v) is 33.1. The Bertz CT molecular complexity index is 2890. The highest BCUT2D eigenvalue weighted by atomic mass is 15.1. The van der Waals surface area contributed by atoms with Gasteiger partial charge in [-0.15, -0.1) is 6.42 Å². The molecule has 4 aliphatic carbocycles. The number of fused-ring (bicyclic) bond motifs is 13. The lowest BCUT2D eigenvalue weighted by atomic mass is 9.69. The van der Waals surface area contributed by atoms with E-state index in [0.717, 1.165) is 28.2 Å². The van der Waals surface area contributed by atoms with E-state index >= 15 is 0 Å². The van der Waals surface area contributed by atoms with Crippen LogP contribution in [0.3, 0.4) is 0 Å². The van der Waals surface area contributed by atoms with Crippen molar-refractivity contribution in [3.8, 4) is 45.7 Å². The molecule has 0 aromatic heterocycles. The molecule has 4 aliphatic rings. The minimum absolute atomic E-state index is 0.126. The molecular formula is C56H43N. The SMILES string of the molecule is C#CC1=C(/C=C\C)C2(c3ccccc31)c1ccccc1-c1cc(N(c3ccc4c(c3)C(C)(C)c3ccccc3-4)c3ccc4c(c3)C(C)(C)c3ccccc3-4)ccc12. The van der Waals surface area contributed by atoms with Crippen LogP contribution in [0.15, 0.2) is 169 Å². The molecule has 1 heteroatoms. The molecule has 11 rings (SSSR count). The summed E-state index contributed by atoms with van der Waals surface area (Å²) in [5, 5.41) is 0. The van der Waals surface area contributed by atoms with Gasteiger partial charge < -0.3 is 4.90 Å². The lowest BCUT2D eigenvalue weighted by Crippen LogP contribution is -2.26. The van der Waals surface area contributed by atoms with Crippen molar-refractivity contribution in [1.82, 2.24) is 0 Å². The summed E-state index contributed by atoms with van der Waals surface area (Å²) in [5.74, 6) is 3.13. The molecule has 0 N–H and O–H groups in total. The van der Waals surface area contributed by atoms with Crippen LogP contribution in [0.4, 0.5) is 17.1 Å². The van der Waals surface area contributed by atoms with Gasteiger partial charge in [0.25, 0.3) is 0 Å². The van der Waals surface area contributed by atoms with E-state index in [1.165, 1.54) is 77.9 Å². The van der Waals surface area contributed by atoms with Gasteiger partial charge in [0, 0.05) is 33.5 Å². The summed E-state index contributed by atoms with van der Waals surface area (Å²) in [6, 6.07) is 56.9. The van der Waals surface area contributed by atoms with E-state index in [0.29, 0.717) is 0 Å². The van der Waals surface area contributed by atoms with Crippen LogP contribution in [-0.4, -0.2) is 0 Å². The third-order valence-electron chi connectivity index (χ3n) is 13.7. The Kier molecular flexibility index (Phi) is 6.92. The molecular weight excluding hydrogens is 687 g/mol. The Labute approximate surface area is 336 Å². The van der Waals surface area contributed by atoms with Gasteiger partial charge in [-0.3, -0.25) is 0 Å². The first kappa shape index (κ1) is 33.7. The molecule has 0 bridgehead atoms. The van der Waals surface area contributed by atoms with E-state index in [-0.39, 0.29) is 10.8 Å². The Morgan fingerprint density at radius 1 is 0.439 bits per heavy atom. The van der Waals surface area contributed by atoms with Gasteiger partial charge in [-0.1, -0.05) is 161 Å². The molecule has 0 fully saturated rings. The summed E-state index contributed by atoms with van der Waals surface area (Å²) < 4.78 is 0. The van der Waals surface area contributed by atoms with Crippen LogP contribution in [0, 0.1) is 12.3 Å². The molecule has 7 aromatic carbocycles. The van der Waals surface area contributed by atoms with Crippen molar-refractivity contribution < 1.29 is 0 Å². The molecule has 272 valence electrons. The fraction of sp³-hybridized carbons (Fsp3) is 0.143. The molecule has 1 atom stereocenters. The highest BCUT2D eigenvalue weighted by Gasteiger charge is 2.52. The second-order valence-corrected chi connectivity index (χ2v) is 17.1. The lowest BCUT2D eigenvalue weighted by Gasteiger charge is -2.32. The van der Waals surface area contributed by atoms with Crippen molar-refractivity contribution in [2.75, 3.05) is 4.90 Å². The van der Waals surface area contributed by atoms with Crippen LogP contribution in [0.2, 0.25) is 0 Å². The van der Waals surface area contributed by atoms with E-state index in [2.05, 4.69) is 209 Å². The average Bonchev–Trinajstić information content (AvgIpc) is 3.85. The van der Waals surface area contributed by atoms with Gasteiger partial charge in [0.05, 0.1) is 5.41 Å². The first-order valence-corrected chi connectivity index (χ1v) is 20.2. The number of hydrogen-bond donors (Lipinski definition) is 0. The quantitative estimate of drug-likeness (QED) is 0.163. The highest BCUT2D eigenvalue weighted by molar-refractivity contribution is 6.00. The average molecular weight is 730 g/mol. The molecule has 7 aromatic rings. The second-order valence-electron chi connectivity index (χ2n) is 17.1. The molecule has 0 saturated carbocycles. The van der Waals surface area contributed by atoms with Crippen LogP contribution in [0.1, 0.15) is 79.1 Å². The number of rotatable bonds is 4. The van der Waals surface area contributed by atoms with E-state index in [9.17, 15) is 0 Å². The minimum atomic E-state index is -0.507. The maximum absolute atomic E-state index is 6.38. The van der Waals surface area contributed by atoms with Gasteiger partial charge in [-0.2, -0.15) is 0 Å². The van der Waals surface area contributed by atoms with Crippen molar-refractivity contribution in [2.45, 2.75) is 50.9 Å². The fourth-order valence-electron chi connectivity index (χ4n) is 11.1. The van der Waals surface area contributed by atoms with E-state index < -0.39 is 5.41 Å². The highest BCUT2D eigenvalue weighted by Crippen LogP contribution is 2.63. The Morgan fingerprint density at radius 2 is 0.842 bits per heavy atom. The number of terminal acetylenes is 1. The van der Waals surface area contributed by atoms with Gasteiger partial charge in [0.15, 0.2) is 0 Å². The van der Waals surface area contributed by atoms with Crippen molar-refractivity contribution >= 4 is 22.6 Å². The van der Waals surface area contributed by atoms with Crippen molar-refractivity contribution in [1.29, 1.82) is 0 Å². The van der Waals surface area contributed by atoms with E-state index in [1.807, 2.05) is 0 Å². The fourth-order valence-corrected chi connectivity index (χ4v) is 11.1. The Balaban J connectivity index is 1.16. The number of nitrogens with zero attached hydrogens (tertiary/aromatic N) is 1. The maximum atomic E-state index is 6.38. The number of allylic oxidation sites excluding steroid dienone is 4. The van der Waals surface area contributed by atoms with Gasteiger partial charge in [-0.05, 0) is 127 Å². The van der Waals surface area contributed by atoms with Crippen molar-refractivity contribution in [3.63, 3.8) is 0 Å². The molecule has 0 heterocycles. The lowest BCUT2D eigenvalue weighted by molar-refractivity contribution is 0.660. The summed E-state index contributed by atoms with van der Waals surface area (Å²) >= 11 is 0. The molecule has 1 unspecified atom stereocenters. The summed E-state index contributed by atoms with van der Waals surface area (Å²) in [6.45, 7) is 11.6. The van der Waals surface area contributed by atoms with Crippen LogP contribution < -0.4 is 4.90 Å². The minimum Gasteiger partial charge on any atom is -0.310 e.